The second-order valence-corrected chi connectivity index (χ2v) is 5.67. The molecule has 1 aliphatic rings. The highest BCUT2D eigenvalue weighted by Crippen LogP contribution is 2.19. The minimum Gasteiger partial charge on any atom is -0.465 e. The third-order valence-electron chi connectivity index (χ3n) is 3.16. The number of hydrogen-bond acceptors (Lipinski definition) is 1. The zero-order chi connectivity index (χ0) is 12.3. The SMILES string of the molecule is CC1CCC[N+]1=CC(NC(=O)O)C(C)(C)C. The number of carbonyl (C=O) groups is 1. The summed E-state index contributed by atoms with van der Waals surface area (Å²) in [7, 11) is 0. The summed E-state index contributed by atoms with van der Waals surface area (Å²) in [5.74, 6) is 0. The molecule has 16 heavy (non-hydrogen) atoms. The molecule has 2 N–H and O–H groups in total. The lowest BCUT2D eigenvalue weighted by atomic mass is 9.87. The highest BCUT2D eigenvalue weighted by atomic mass is 16.4. The van der Waals surface area contributed by atoms with Gasteiger partial charge < -0.3 is 10.4 Å². The molecule has 4 heteroatoms. The second kappa shape index (κ2) is 4.85. The minimum atomic E-state index is -0.956. The molecule has 0 saturated carbocycles. The Labute approximate surface area is 97.4 Å². The summed E-state index contributed by atoms with van der Waals surface area (Å²) in [6.07, 6.45) is 3.48. The molecule has 92 valence electrons. The summed E-state index contributed by atoms with van der Waals surface area (Å²) in [5, 5.41) is 11.4. The van der Waals surface area contributed by atoms with Gasteiger partial charge in [-0.15, -0.1) is 0 Å². The van der Waals surface area contributed by atoms with E-state index in [9.17, 15) is 4.79 Å². The van der Waals surface area contributed by atoms with Gasteiger partial charge in [0.15, 0.2) is 6.21 Å². The van der Waals surface area contributed by atoms with E-state index in [0.29, 0.717) is 6.04 Å². The van der Waals surface area contributed by atoms with E-state index < -0.39 is 6.09 Å². The van der Waals surface area contributed by atoms with E-state index in [0.717, 1.165) is 6.54 Å². The normalized spacial score (nSPS) is 25.8. The van der Waals surface area contributed by atoms with Gasteiger partial charge in [0.25, 0.3) is 0 Å². The summed E-state index contributed by atoms with van der Waals surface area (Å²) >= 11 is 0. The fourth-order valence-electron chi connectivity index (χ4n) is 1.98. The third-order valence-corrected chi connectivity index (χ3v) is 3.16. The number of amides is 1. The Morgan fingerprint density at radius 2 is 2.19 bits per heavy atom. The Morgan fingerprint density at radius 3 is 2.56 bits per heavy atom. The van der Waals surface area contributed by atoms with Crippen LogP contribution in [0.4, 0.5) is 4.79 Å². The van der Waals surface area contributed by atoms with E-state index in [1.807, 2.05) is 27.0 Å². The van der Waals surface area contributed by atoms with Gasteiger partial charge in [0.05, 0.1) is 0 Å². The first kappa shape index (κ1) is 13.0. The van der Waals surface area contributed by atoms with Crippen molar-refractivity contribution in [3.8, 4) is 0 Å². The van der Waals surface area contributed by atoms with Crippen LogP contribution in [0.2, 0.25) is 0 Å². The monoisotopic (exact) mass is 227 g/mol. The Bertz CT molecular complexity index is 292. The molecule has 1 rings (SSSR count). The standard InChI is InChI=1S/C12H22N2O2/c1-9-6-5-7-14(9)8-10(12(2,3)4)13-11(15)16/h8-10,13H,5-7H2,1-4H3/p+1. The summed E-state index contributed by atoms with van der Waals surface area (Å²) in [4.78, 5) is 10.8. The first-order valence-corrected chi connectivity index (χ1v) is 5.91. The van der Waals surface area contributed by atoms with Crippen molar-refractivity contribution in [3.63, 3.8) is 0 Å². The van der Waals surface area contributed by atoms with E-state index in [-0.39, 0.29) is 11.5 Å². The number of nitrogens with one attached hydrogen (secondary N) is 1. The predicted molar refractivity (Wildman–Crippen MR) is 64.3 cm³/mol. The molecule has 0 bridgehead atoms. The van der Waals surface area contributed by atoms with Gasteiger partial charge in [-0.2, -0.15) is 0 Å². The largest absolute Gasteiger partial charge is 0.465 e. The summed E-state index contributed by atoms with van der Waals surface area (Å²) in [6, 6.07) is 0.394. The number of rotatable bonds is 2. The molecule has 2 unspecified atom stereocenters. The first-order valence-electron chi connectivity index (χ1n) is 5.91. The molecule has 1 saturated heterocycles. The van der Waals surface area contributed by atoms with Gasteiger partial charge in [0, 0.05) is 12.8 Å². The lowest BCUT2D eigenvalue weighted by Gasteiger charge is -2.26. The molecule has 0 radical (unpaired) electrons. The van der Waals surface area contributed by atoms with Gasteiger partial charge in [-0.25, -0.2) is 9.37 Å². The fraction of sp³-hybridized carbons (Fsp3) is 0.833. The van der Waals surface area contributed by atoms with E-state index in [2.05, 4.69) is 16.8 Å². The van der Waals surface area contributed by atoms with Crippen molar-refractivity contribution in [2.45, 2.75) is 52.6 Å². The van der Waals surface area contributed by atoms with Crippen molar-refractivity contribution in [2.24, 2.45) is 5.41 Å². The molecule has 4 nitrogen and oxygen atoms in total. The molecule has 1 aliphatic heterocycles. The van der Waals surface area contributed by atoms with E-state index in [1.165, 1.54) is 12.8 Å². The zero-order valence-corrected chi connectivity index (χ0v) is 10.7. The quantitative estimate of drug-likeness (QED) is 0.708. The Morgan fingerprint density at radius 1 is 1.56 bits per heavy atom. The number of nitrogens with zero attached hydrogens (tertiary/aromatic N) is 1. The van der Waals surface area contributed by atoms with Gasteiger partial charge in [-0.3, -0.25) is 0 Å². The topological polar surface area (TPSA) is 52.3 Å². The van der Waals surface area contributed by atoms with Crippen LogP contribution < -0.4 is 5.32 Å². The fourth-order valence-corrected chi connectivity index (χ4v) is 1.98. The maximum Gasteiger partial charge on any atom is 0.405 e. The molecule has 2 atom stereocenters. The molecule has 0 aromatic rings. The molecule has 1 fully saturated rings. The maximum atomic E-state index is 10.8. The van der Waals surface area contributed by atoms with E-state index in [1.54, 1.807) is 0 Å². The zero-order valence-electron chi connectivity index (χ0n) is 10.7. The number of hydrogen-bond donors (Lipinski definition) is 2. The van der Waals surface area contributed by atoms with Crippen LogP contribution in [-0.4, -0.2) is 40.6 Å². The van der Waals surface area contributed by atoms with Crippen molar-refractivity contribution >= 4 is 12.3 Å². The summed E-state index contributed by atoms with van der Waals surface area (Å²) in [5.41, 5.74) is -0.0965. The van der Waals surface area contributed by atoms with Crippen molar-refractivity contribution in [3.05, 3.63) is 0 Å². The van der Waals surface area contributed by atoms with Crippen molar-refractivity contribution in [1.29, 1.82) is 0 Å². The van der Waals surface area contributed by atoms with Gasteiger partial charge in [-0.05, 0) is 12.3 Å². The molecular formula is C12H23N2O2+. The van der Waals surface area contributed by atoms with E-state index >= 15 is 0 Å². The van der Waals surface area contributed by atoms with Crippen LogP contribution in [0.3, 0.4) is 0 Å². The van der Waals surface area contributed by atoms with Gasteiger partial charge in [-0.1, -0.05) is 20.8 Å². The van der Waals surface area contributed by atoms with Crippen LogP contribution in [0.15, 0.2) is 0 Å². The van der Waals surface area contributed by atoms with Crippen LogP contribution in [0.5, 0.6) is 0 Å². The van der Waals surface area contributed by atoms with Crippen LogP contribution >= 0.6 is 0 Å². The van der Waals surface area contributed by atoms with Gasteiger partial charge in [0.2, 0.25) is 0 Å². The average molecular weight is 227 g/mol. The van der Waals surface area contributed by atoms with Crippen molar-refractivity contribution in [1.82, 2.24) is 5.32 Å². The molecular weight excluding hydrogens is 204 g/mol. The molecule has 1 amide bonds. The summed E-state index contributed by atoms with van der Waals surface area (Å²) in [6.45, 7) is 9.36. The maximum absolute atomic E-state index is 10.8. The van der Waals surface area contributed by atoms with Gasteiger partial charge >= 0.3 is 6.09 Å². The Hall–Kier alpha value is -1.06. The Balaban J connectivity index is 2.81. The van der Waals surface area contributed by atoms with Crippen LogP contribution in [0, 0.1) is 5.41 Å². The molecule has 0 spiro atoms. The highest BCUT2D eigenvalue weighted by molar-refractivity contribution is 5.72. The molecule has 0 aromatic carbocycles. The predicted octanol–water partition coefficient (Wildman–Crippen LogP) is 1.93. The summed E-state index contributed by atoms with van der Waals surface area (Å²) < 4.78 is 2.26. The van der Waals surface area contributed by atoms with Gasteiger partial charge in [0.1, 0.15) is 18.6 Å². The second-order valence-electron chi connectivity index (χ2n) is 5.67. The average Bonchev–Trinajstić information content (AvgIpc) is 2.48. The Kier molecular flexibility index (Phi) is 3.94. The van der Waals surface area contributed by atoms with Crippen molar-refractivity contribution < 1.29 is 14.5 Å². The lowest BCUT2D eigenvalue weighted by molar-refractivity contribution is -0.537. The smallest absolute Gasteiger partial charge is 0.405 e. The number of carboxylic acid groups (broad SMARTS) is 1. The van der Waals surface area contributed by atoms with E-state index in [4.69, 9.17) is 5.11 Å². The minimum absolute atomic E-state index is 0.0965. The van der Waals surface area contributed by atoms with Crippen LogP contribution in [0.25, 0.3) is 0 Å². The van der Waals surface area contributed by atoms with Crippen LogP contribution in [-0.2, 0) is 0 Å². The third kappa shape index (κ3) is 3.51. The molecule has 1 heterocycles. The van der Waals surface area contributed by atoms with Crippen molar-refractivity contribution in [2.75, 3.05) is 6.54 Å². The highest BCUT2D eigenvalue weighted by Gasteiger charge is 2.31. The van der Waals surface area contributed by atoms with Crippen LogP contribution in [0.1, 0.15) is 40.5 Å². The molecule has 0 aromatic heterocycles. The molecule has 0 aliphatic carbocycles. The lowest BCUT2D eigenvalue weighted by Crippen LogP contribution is -2.46. The first-order chi connectivity index (χ1) is 7.30.